The highest BCUT2D eigenvalue weighted by Crippen LogP contribution is 1.87. The van der Waals surface area contributed by atoms with E-state index in [0.717, 1.165) is 0 Å². The molecule has 0 amide bonds. The minimum atomic E-state index is 0.411. The van der Waals surface area contributed by atoms with Gasteiger partial charge in [-0.25, -0.2) is 10.4 Å². The van der Waals surface area contributed by atoms with Gasteiger partial charge in [0.2, 0.25) is 0 Å². The smallest absolute Gasteiger partial charge is 0.105 e. The van der Waals surface area contributed by atoms with E-state index in [-0.39, 0.29) is 0 Å². The van der Waals surface area contributed by atoms with Crippen LogP contribution in [0.25, 0.3) is 0 Å². The van der Waals surface area contributed by atoms with Gasteiger partial charge in [0.15, 0.2) is 0 Å². The number of nitrogens with zero attached hydrogens (tertiary/aromatic N) is 2. The normalized spacial score (nSPS) is 10.8. The Morgan fingerprint density at radius 1 is 1.60 bits per heavy atom. The van der Waals surface area contributed by atoms with Gasteiger partial charge in [0, 0.05) is 19.3 Å². The molecule has 0 aliphatic heterocycles. The Labute approximate surface area is 62.4 Å². The van der Waals surface area contributed by atoms with E-state index < -0.39 is 0 Å². The highest BCUT2D eigenvalue weighted by molar-refractivity contribution is 5.55. The van der Waals surface area contributed by atoms with E-state index in [9.17, 15) is 0 Å². The topological polar surface area (TPSA) is 27.6 Å². The van der Waals surface area contributed by atoms with Crippen LogP contribution >= 0.6 is 0 Å². The summed E-state index contributed by atoms with van der Waals surface area (Å²) < 4.78 is 0. The maximum Gasteiger partial charge on any atom is 0.105 e. The van der Waals surface area contributed by atoms with Crippen LogP contribution in [0.1, 0.15) is 13.8 Å². The number of hydrogen-bond donors (Lipinski definition) is 1. The van der Waals surface area contributed by atoms with E-state index in [1.165, 1.54) is 6.20 Å². The lowest BCUT2D eigenvalue weighted by Crippen LogP contribution is -2.39. The van der Waals surface area contributed by atoms with Crippen LogP contribution in [0, 0.1) is 0 Å². The van der Waals surface area contributed by atoms with E-state index >= 15 is 0 Å². The van der Waals surface area contributed by atoms with E-state index in [0.29, 0.717) is 6.04 Å². The zero-order valence-corrected chi connectivity index (χ0v) is 6.83. The summed E-state index contributed by atoms with van der Waals surface area (Å²) in [5.74, 6) is 0. The average Bonchev–Trinajstić information content (AvgIpc) is 1.89. The first kappa shape index (κ1) is 9.17. The van der Waals surface area contributed by atoms with Crippen molar-refractivity contribution in [2.45, 2.75) is 19.9 Å². The van der Waals surface area contributed by atoms with Gasteiger partial charge < -0.3 is 0 Å². The van der Waals surface area contributed by atoms with Gasteiger partial charge in [-0.2, -0.15) is 0 Å². The summed E-state index contributed by atoms with van der Waals surface area (Å²) in [7, 11) is 1.86. The minimum Gasteiger partial charge on any atom is -0.296 e. The van der Waals surface area contributed by atoms with Crippen LogP contribution < -0.4 is 5.43 Å². The van der Waals surface area contributed by atoms with E-state index in [4.69, 9.17) is 0 Å². The van der Waals surface area contributed by atoms with Crippen LogP contribution in [0.3, 0.4) is 0 Å². The monoisotopic (exact) mass is 141 g/mol. The summed E-state index contributed by atoms with van der Waals surface area (Å²) in [5.41, 5.74) is 2.97. The molecule has 0 aliphatic carbocycles. The lowest BCUT2D eigenvalue weighted by molar-refractivity contribution is 0.289. The molecule has 58 valence electrons. The second kappa shape index (κ2) is 4.99. The SMILES string of the molecule is C=C/N=C\N(NC)C(C)C. The number of hydrogen-bond acceptors (Lipinski definition) is 2. The summed E-state index contributed by atoms with van der Waals surface area (Å²) in [6, 6.07) is 0.411. The number of rotatable bonds is 4. The van der Waals surface area contributed by atoms with Crippen LogP contribution in [-0.2, 0) is 0 Å². The van der Waals surface area contributed by atoms with Gasteiger partial charge in [0.05, 0.1) is 0 Å². The van der Waals surface area contributed by atoms with Crippen LogP contribution in [-0.4, -0.2) is 24.4 Å². The highest BCUT2D eigenvalue weighted by Gasteiger charge is 1.98. The van der Waals surface area contributed by atoms with Crippen molar-refractivity contribution in [2.75, 3.05) is 7.05 Å². The Kier molecular flexibility index (Phi) is 4.58. The summed E-state index contributed by atoms with van der Waals surface area (Å²) in [5, 5.41) is 1.89. The molecule has 3 nitrogen and oxygen atoms in total. The van der Waals surface area contributed by atoms with Gasteiger partial charge in [0.25, 0.3) is 0 Å². The Balaban J connectivity index is 3.82. The van der Waals surface area contributed by atoms with Gasteiger partial charge in [-0.3, -0.25) is 5.01 Å². The van der Waals surface area contributed by atoms with Crippen LogP contribution in [0.4, 0.5) is 0 Å². The zero-order chi connectivity index (χ0) is 7.98. The minimum absolute atomic E-state index is 0.411. The molecule has 0 bridgehead atoms. The van der Waals surface area contributed by atoms with Crippen molar-refractivity contribution in [2.24, 2.45) is 4.99 Å². The molecule has 0 unspecified atom stereocenters. The largest absolute Gasteiger partial charge is 0.296 e. The van der Waals surface area contributed by atoms with Crippen molar-refractivity contribution < 1.29 is 0 Å². The molecule has 0 saturated heterocycles. The summed E-state index contributed by atoms with van der Waals surface area (Å²) in [6.45, 7) is 7.62. The molecule has 0 aliphatic rings. The molecular weight excluding hydrogens is 126 g/mol. The molecule has 0 aromatic rings. The van der Waals surface area contributed by atoms with E-state index in [1.54, 1.807) is 6.34 Å². The summed E-state index contributed by atoms with van der Waals surface area (Å²) in [6.07, 6.45) is 3.21. The lowest BCUT2D eigenvalue weighted by Gasteiger charge is -2.21. The molecule has 0 spiro atoms. The van der Waals surface area contributed by atoms with Gasteiger partial charge in [-0.1, -0.05) is 6.58 Å². The van der Waals surface area contributed by atoms with Crippen molar-refractivity contribution >= 4 is 6.34 Å². The average molecular weight is 141 g/mol. The number of hydrazine groups is 1. The first-order chi connectivity index (χ1) is 4.72. The van der Waals surface area contributed by atoms with Gasteiger partial charge in [0.1, 0.15) is 6.34 Å². The van der Waals surface area contributed by atoms with E-state index in [2.05, 4.69) is 30.8 Å². The third-order valence-electron chi connectivity index (χ3n) is 1.11. The second-order valence-electron chi connectivity index (χ2n) is 2.17. The van der Waals surface area contributed by atoms with Crippen molar-refractivity contribution in [3.63, 3.8) is 0 Å². The molecule has 0 radical (unpaired) electrons. The molecule has 0 aromatic heterocycles. The van der Waals surface area contributed by atoms with Crippen molar-refractivity contribution in [3.8, 4) is 0 Å². The quantitative estimate of drug-likeness (QED) is 0.359. The first-order valence-corrected chi connectivity index (χ1v) is 3.32. The maximum atomic E-state index is 3.87. The van der Waals surface area contributed by atoms with Crippen molar-refractivity contribution in [1.29, 1.82) is 0 Å². The lowest BCUT2D eigenvalue weighted by atomic mass is 10.4. The maximum absolute atomic E-state index is 3.87. The standard InChI is InChI=1S/C7H15N3/c1-5-9-6-10(8-4)7(2)3/h5-8H,1H2,2-4H3/b9-6-. The van der Waals surface area contributed by atoms with Gasteiger partial charge in [-0.05, 0) is 13.8 Å². The number of nitrogens with one attached hydrogen (secondary N) is 1. The van der Waals surface area contributed by atoms with Crippen LogP contribution in [0.2, 0.25) is 0 Å². The molecule has 3 heteroatoms. The molecule has 1 N–H and O–H groups in total. The fourth-order valence-electron chi connectivity index (χ4n) is 0.568. The second-order valence-corrected chi connectivity index (χ2v) is 2.17. The molecule has 0 aromatic carbocycles. The third kappa shape index (κ3) is 3.25. The molecule has 0 rings (SSSR count). The zero-order valence-electron chi connectivity index (χ0n) is 6.83. The predicted octanol–water partition coefficient (Wildman–Crippen LogP) is 1.00. The van der Waals surface area contributed by atoms with E-state index in [1.807, 2.05) is 12.1 Å². The Morgan fingerprint density at radius 3 is 2.50 bits per heavy atom. The Morgan fingerprint density at radius 2 is 2.20 bits per heavy atom. The number of aliphatic imine (C=N–C) groups is 1. The van der Waals surface area contributed by atoms with Gasteiger partial charge >= 0.3 is 0 Å². The molecule has 0 heterocycles. The molecule has 10 heavy (non-hydrogen) atoms. The fourth-order valence-corrected chi connectivity index (χ4v) is 0.568. The Hall–Kier alpha value is -0.830. The molecule has 0 saturated carbocycles. The van der Waals surface area contributed by atoms with Crippen molar-refractivity contribution in [3.05, 3.63) is 12.8 Å². The van der Waals surface area contributed by atoms with Crippen LogP contribution in [0.15, 0.2) is 17.8 Å². The first-order valence-electron chi connectivity index (χ1n) is 3.32. The molecule has 0 fully saturated rings. The fraction of sp³-hybridized carbons (Fsp3) is 0.571. The third-order valence-corrected chi connectivity index (χ3v) is 1.11. The van der Waals surface area contributed by atoms with Gasteiger partial charge in [-0.15, -0.1) is 0 Å². The summed E-state index contributed by atoms with van der Waals surface area (Å²) >= 11 is 0. The predicted molar refractivity (Wildman–Crippen MR) is 44.7 cm³/mol. The molecule has 0 atom stereocenters. The molecular formula is C7H15N3. The van der Waals surface area contributed by atoms with Crippen molar-refractivity contribution in [1.82, 2.24) is 10.4 Å². The van der Waals surface area contributed by atoms with Crippen LogP contribution in [0.5, 0.6) is 0 Å². The highest BCUT2D eigenvalue weighted by atomic mass is 15.5. The summed E-state index contributed by atoms with van der Waals surface area (Å²) in [4.78, 5) is 3.87. The Bertz CT molecular complexity index is 118.